The Hall–Kier alpha value is -5.47. The Bertz CT molecular complexity index is 2680. The first-order chi connectivity index (χ1) is 25.3. The molecule has 0 aliphatic rings. The average Bonchev–Trinajstić information content (AvgIpc) is 3.56. The fourth-order valence-corrected chi connectivity index (χ4v) is 6.15. The molecule has 7 aromatic carbocycles. The molecule has 0 aliphatic heterocycles. The molecule has 2 heteroatoms. The van der Waals surface area contributed by atoms with Crippen LogP contribution in [0.3, 0.4) is 0 Å². The summed E-state index contributed by atoms with van der Waals surface area (Å²) in [5, 5.41) is 3.72. The van der Waals surface area contributed by atoms with Gasteiger partial charge in [0.05, 0.1) is 17.9 Å². The molecule has 1 aromatic heterocycles. The third-order valence-electron chi connectivity index (χ3n) is 7.94. The van der Waals surface area contributed by atoms with Crippen LogP contribution in [-0.4, -0.2) is 9.55 Å². The summed E-state index contributed by atoms with van der Waals surface area (Å²) in [5.41, 5.74) is 5.73. The van der Waals surface area contributed by atoms with Gasteiger partial charge in [0.1, 0.15) is 5.82 Å². The van der Waals surface area contributed by atoms with Gasteiger partial charge in [0.25, 0.3) is 0 Å². The third-order valence-corrected chi connectivity index (χ3v) is 7.94. The first kappa shape index (κ1) is 16.8. The number of nitrogens with zero attached hydrogens (tertiary/aromatic N) is 2. The second kappa shape index (κ2) is 10.4. The minimum Gasteiger partial charge on any atom is -0.296 e. The predicted octanol–water partition coefficient (Wildman–Crippen LogP) is 10.9. The normalized spacial score (nSPS) is 15.4. The summed E-state index contributed by atoms with van der Waals surface area (Å²) in [7, 11) is 0. The molecule has 0 unspecified atom stereocenters. The zero-order valence-corrected chi connectivity index (χ0v) is 22.9. The van der Waals surface area contributed by atoms with Crippen LogP contribution >= 0.6 is 0 Å². The first-order valence-electron chi connectivity index (χ1n) is 19.0. The van der Waals surface area contributed by atoms with Crippen LogP contribution < -0.4 is 0 Å². The number of para-hydroxylation sites is 2. The average molecular weight is 561 g/mol. The Labute approximate surface area is 265 Å². The molecule has 8 aromatic rings. The van der Waals surface area contributed by atoms with Crippen LogP contribution in [0.4, 0.5) is 0 Å². The molecule has 0 radical (unpaired) electrons. The fraction of sp³-hybridized carbons (Fsp3) is 0.0488. The van der Waals surface area contributed by atoms with E-state index in [-0.39, 0.29) is 35.6 Å². The number of fused-ring (bicyclic) bond motifs is 3. The van der Waals surface area contributed by atoms with Crippen LogP contribution in [0, 0.1) is 0 Å². The molecular formula is C41H30N2. The molecule has 0 fully saturated rings. The molecule has 0 amide bonds. The van der Waals surface area contributed by atoms with E-state index in [1.165, 1.54) is 0 Å². The summed E-state index contributed by atoms with van der Waals surface area (Å²) in [6.45, 7) is -2.97. The maximum Gasteiger partial charge on any atom is 0.114 e. The van der Waals surface area contributed by atoms with E-state index in [4.69, 9.17) is 13.7 Å². The van der Waals surface area contributed by atoms with Gasteiger partial charge in [-0.15, -0.1) is 0 Å². The summed E-state index contributed by atoms with van der Waals surface area (Å²) >= 11 is 0. The van der Waals surface area contributed by atoms with Gasteiger partial charge < -0.3 is 0 Å². The minimum atomic E-state index is -2.97. The lowest BCUT2D eigenvalue weighted by molar-refractivity contribution is 0.908. The molecule has 2 nitrogen and oxygen atoms in total. The summed E-state index contributed by atoms with van der Waals surface area (Å²) < 4.78 is 84.8. The molecule has 1 heterocycles. The van der Waals surface area contributed by atoms with Gasteiger partial charge in [-0.25, -0.2) is 4.98 Å². The number of imidazole rings is 1. The summed E-state index contributed by atoms with van der Waals surface area (Å²) in [6.07, 6.45) is -2.74. The van der Waals surface area contributed by atoms with Crippen molar-refractivity contribution in [3.63, 3.8) is 0 Å². The van der Waals surface area contributed by atoms with Gasteiger partial charge in [0, 0.05) is 18.9 Å². The van der Waals surface area contributed by atoms with Gasteiger partial charge in [-0.2, -0.15) is 0 Å². The molecule has 0 saturated heterocycles. The van der Waals surface area contributed by atoms with E-state index < -0.39 is 19.3 Å². The molecule has 0 bridgehead atoms. The molecule has 0 aliphatic carbocycles. The van der Waals surface area contributed by atoms with Crippen molar-refractivity contribution in [2.75, 3.05) is 0 Å². The molecule has 204 valence electrons. The first-order valence-corrected chi connectivity index (χ1v) is 14.0. The number of rotatable bonds is 5. The smallest absolute Gasteiger partial charge is 0.114 e. The van der Waals surface area contributed by atoms with Gasteiger partial charge in [-0.3, -0.25) is 4.57 Å². The zero-order chi connectivity index (χ0) is 37.4. The Morgan fingerprint density at radius 2 is 1.19 bits per heavy atom. The maximum atomic E-state index is 8.68. The predicted molar refractivity (Wildman–Crippen MR) is 182 cm³/mol. The topological polar surface area (TPSA) is 17.8 Å². The molecule has 0 saturated carbocycles. The van der Waals surface area contributed by atoms with Gasteiger partial charge in [0.15, 0.2) is 0 Å². The Balaban J connectivity index is 1.38. The number of aryl methyl sites for hydroxylation is 1. The van der Waals surface area contributed by atoms with E-state index in [2.05, 4.69) is 4.98 Å². The van der Waals surface area contributed by atoms with Crippen LogP contribution in [0.15, 0.2) is 152 Å². The second-order valence-corrected chi connectivity index (χ2v) is 10.4. The molecular weight excluding hydrogens is 520 g/mol. The molecule has 0 N–H and O–H groups in total. The van der Waals surface area contributed by atoms with Crippen molar-refractivity contribution >= 4 is 32.6 Å². The van der Waals surface area contributed by atoms with Crippen molar-refractivity contribution < 1.29 is 13.7 Å². The van der Waals surface area contributed by atoms with Gasteiger partial charge in [-0.05, 0) is 85.3 Å². The monoisotopic (exact) mass is 560 g/mol. The van der Waals surface area contributed by atoms with Crippen molar-refractivity contribution in [2.45, 2.75) is 13.2 Å². The highest BCUT2D eigenvalue weighted by molar-refractivity contribution is 6.21. The van der Waals surface area contributed by atoms with E-state index in [9.17, 15) is 0 Å². The number of hydrogen-bond acceptors (Lipinski definition) is 1. The number of hydrogen-bond donors (Lipinski definition) is 0. The lowest BCUT2D eigenvalue weighted by Gasteiger charge is -2.19. The van der Waals surface area contributed by atoms with Crippen molar-refractivity contribution in [2.24, 2.45) is 0 Å². The van der Waals surface area contributed by atoms with Crippen LogP contribution in [0.1, 0.15) is 26.4 Å². The maximum absolute atomic E-state index is 8.68. The Morgan fingerprint density at radius 1 is 0.605 bits per heavy atom. The summed E-state index contributed by atoms with van der Waals surface area (Å²) in [4.78, 5) is 4.50. The van der Waals surface area contributed by atoms with Crippen molar-refractivity contribution in [3.8, 4) is 39.1 Å². The van der Waals surface area contributed by atoms with Crippen molar-refractivity contribution in [1.29, 1.82) is 0 Å². The SMILES string of the molecule is [2H]c1c([2H])c([2H])c(-c2cccc(-c3c4ccccc4c(-c4cccc(-n5c(C([2H])([2H])C([2H])([2H])[2H])nc6ccccc65)c4)c4ccccc34)c2)c([2H])c1[2H]. The van der Waals surface area contributed by atoms with E-state index in [1.54, 1.807) is 28.8 Å². The van der Waals surface area contributed by atoms with Gasteiger partial charge in [0.2, 0.25) is 0 Å². The summed E-state index contributed by atoms with van der Waals surface area (Å²) in [5.74, 6) is -0.208. The fourth-order valence-electron chi connectivity index (χ4n) is 6.15. The summed E-state index contributed by atoms with van der Waals surface area (Å²) in [6, 6.07) is 36.4. The largest absolute Gasteiger partial charge is 0.296 e. The van der Waals surface area contributed by atoms with Gasteiger partial charge >= 0.3 is 0 Å². The second-order valence-electron chi connectivity index (χ2n) is 10.4. The van der Waals surface area contributed by atoms with Crippen molar-refractivity contribution in [1.82, 2.24) is 9.55 Å². The van der Waals surface area contributed by atoms with E-state index in [1.807, 2.05) is 97.1 Å². The standard InChI is InChI=1S/C41H30N2/c1-2-39-42-37-24-10-11-25-38(37)43(39)32-19-13-18-31(27-32)41-35-22-8-6-20-33(35)40(34-21-7-9-23-36(34)41)30-17-12-16-29(26-30)28-14-4-3-5-15-28/h3-27H,2H2,1H3/i1D3,2D2,3D,4D,5D,14D,15D. The highest BCUT2D eigenvalue weighted by Gasteiger charge is 2.18. The number of aromatic nitrogens is 2. The Kier molecular flexibility index (Phi) is 4.08. The van der Waals surface area contributed by atoms with Crippen LogP contribution in [0.25, 0.3) is 71.6 Å². The van der Waals surface area contributed by atoms with E-state index in [0.29, 0.717) is 22.3 Å². The van der Waals surface area contributed by atoms with E-state index in [0.717, 1.165) is 43.8 Å². The van der Waals surface area contributed by atoms with E-state index >= 15 is 0 Å². The third kappa shape index (κ3) is 4.23. The molecule has 8 rings (SSSR count). The van der Waals surface area contributed by atoms with Gasteiger partial charge in [-0.1, -0.05) is 128 Å². The molecule has 0 atom stereocenters. The lowest BCUT2D eigenvalue weighted by Crippen LogP contribution is -2.00. The lowest BCUT2D eigenvalue weighted by atomic mass is 9.85. The van der Waals surface area contributed by atoms with Crippen molar-refractivity contribution in [3.05, 3.63) is 157 Å². The van der Waals surface area contributed by atoms with Crippen LogP contribution in [0.5, 0.6) is 0 Å². The Morgan fingerprint density at radius 3 is 1.86 bits per heavy atom. The minimum absolute atomic E-state index is 0.133. The van der Waals surface area contributed by atoms with Crippen LogP contribution in [-0.2, 0) is 6.37 Å². The van der Waals surface area contributed by atoms with Crippen LogP contribution in [0.2, 0.25) is 0 Å². The quantitative estimate of drug-likeness (QED) is 0.191. The molecule has 0 spiro atoms. The molecule has 43 heavy (non-hydrogen) atoms. The highest BCUT2D eigenvalue weighted by atomic mass is 15.1. The highest BCUT2D eigenvalue weighted by Crippen LogP contribution is 2.44. The zero-order valence-electron chi connectivity index (χ0n) is 32.9. The number of benzene rings is 7.